The lowest BCUT2D eigenvalue weighted by atomic mass is 10.0. The molecule has 2 aromatic carbocycles. The fourth-order valence-corrected chi connectivity index (χ4v) is 3.17. The van der Waals surface area contributed by atoms with Gasteiger partial charge in [0.25, 0.3) is 5.91 Å². The van der Waals surface area contributed by atoms with Crippen molar-refractivity contribution < 1.29 is 14.3 Å². The van der Waals surface area contributed by atoms with E-state index in [2.05, 4.69) is 10.3 Å². The molecule has 2 heterocycles. The molecule has 1 aliphatic rings. The van der Waals surface area contributed by atoms with E-state index in [1.54, 1.807) is 7.11 Å². The lowest BCUT2D eigenvalue weighted by Crippen LogP contribution is -2.23. The summed E-state index contributed by atoms with van der Waals surface area (Å²) in [6.45, 7) is 1.20. The highest BCUT2D eigenvalue weighted by molar-refractivity contribution is 5.94. The van der Waals surface area contributed by atoms with Crippen LogP contribution in [0.25, 0.3) is 10.9 Å². The number of methoxy groups -OCH3 is 1. The van der Waals surface area contributed by atoms with Crippen molar-refractivity contribution in [2.45, 2.75) is 19.4 Å². The number of H-pyrrole nitrogens is 1. The zero-order valence-corrected chi connectivity index (χ0v) is 14.1. The summed E-state index contributed by atoms with van der Waals surface area (Å²) < 4.78 is 10.8. The number of benzene rings is 2. The smallest absolute Gasteiger partial charge is 0.251 e. The van der Waals surface area contributed by atoms with Crippen molar-refractivity contribution in [3.63, 3.8) is 0 Å². The third-order valence-corrected chi connectivity index (χ3v) is 4.49. The predicted molar refractivity (Wildman–Crippen MR) is 96.3 cm³/mol. The molecule has 0 bridgehead atoms. The number of amides is 1. The zero-order valence-electron chi connectivity index (χ0n) is 14.1. The maximum absolute atomic E-state index is 12.4. The molecule has 0 spiro atoms. The summed E-state index contributed by atoms with van der Waals surface area (Å²) in [7, 11) is 1.65. The van der Waals surface area contributed by atoms with Gasteiger partial charge in [0.15, 0.2) is 0 Å². The van der Waals surface area contributed by atoms with Crippen molar-refractivity contribution in [3.8, 4) is 11.5 Å². The Morgan fingerprint density at radius 1 is 1.24 bits per heavy atom. The molecule has 0 radical (unpaired) electrons. The van der Waals surface area contributed by atoms with Gasteiger partial charge in [-0.1, -0.05) is 0 Å². The highest BCUT2D eigenvalue weighted by Gasteiger charge is 2.14. The van der Waals surface area contributed by atoms with Crippen LogP contribution in [0.15, 0.2) is 42.5 Å². The first kappa shape index (κ1) is 15.6. The van der Waals surface area contributed by atoms with Crippen LogP contribution in [0, 0.1) is 0 Å². The molecule has 128 valence electrons. The fourth-order valence-electron chi connectivity index (χ4n) is 3.17. The summed E-state index contributed by atoms with van der Waals surface area (Å²) >= 11 is 0. The number of aromatic nitrogens is 1. The SMILES string of the molecule is COc1ccc2[nH]c(CNC(=O)c3ccc4c(c3)CCCO4)cc2c1. The number of ether oxygens (including phenoxy) is 2. The van der Waals surface area contributed by atoms with Gasteiger partial charge in [-0.25, -0.2) is 0 Å². The van der Waals surface area contributed by atoms with Gasteiger partial charge in [-0.3, -0.25) is 4.79 Å². The molecule has 0 unspecified atom stereocenters. The number of carbonyl (C=O) groups excluding carboxylic acids is 1. The minimum Gasteiger partial charge on any atom is -0.497 e. The number of hydrogen-bond donors (Lipinski definition) is 2. The van der Waals surface area contributed by atoms with Crippen molar-refractivity contribution in [1.82, 2.24) is 10.3 Å². The van der Waals surface area contributed by atoms with Crippen LogP contribution in [-0.4, -0.2) is 24.6 Å². The number of aryl methyl sites for hydroxylation is 1. The van der Waals surface area contributed by atoms with Gasteiger partial charge in [-0.2, -0.15) is 0 Å². The molecule has 0 atom stereocenters. The van der Waals surface area contributed by atoms with Gasteiger partial charge in [-0.05, 0) is 60.9 Å². The maximum atomic E-state index is 12.4. The molecule has 2 N–H and O–H groups in total. The van der Waals surface area contributed by atoms with Gasteiger partial charge in [0.1, 0.15) is 11.5 Å². The van der Waals surface area contributed by atoms with Crippen molar-refractivity contribution in [2.75, 3.05) is 13.7 Å². The minimum atomic E-state index is -0.0791. The van der Waals surface area contributed by atoms with E-state index in [1.807, 2.05) is 42.5 Å². The van der Waals surface area contributed by atoms with Crippen LogP contribution < -0.4 is 14.8 Å². The zero-order chi connectivity index (χ0) is 17.2. The first-order chi connectivity index (χ1) is 12.2. The van der Waals surface area contributed by atoms with Gasteiger partial charge >= 0.3 is 0 Å². The first-order valence-corrected chi connectivity index (χ1v) is 8.42. The monoisotopic (exact) mass is 336 g/mol. The van der Waals surface area contributed by atoms with Gasteiger partial charge in [0.2, 0.25) is 0 Å². The van der Waals surface area contributed by atoms with Crippen LogP contribution >= 0.6 is 0 Å². The number of fused-ring (bicyclic) bond motifs is 2. The van der Waals surface area contributed by atoms with Crippen molar-refractivity contribution in [3.05, 3.63) is 59.3 Å². The summed E-state index contributed by atoms with van der Waals surface area (Å²) in [4.78, 5) is 15.7. The van der Waals surface area contributed by atoms with Crippen molar-refractivity contribution >= 4 is 16.8 Å². The third kappa shape index (κ3) is 3.18. The first-order valence-electron chi connectivity index (χ1n) is 8.42. The molecule has 0 fully saturated rings. The summed E-state index contributed by atoms with van der Waals surface area (Å²) in [6.07, 6.45) is 1.96. The highest BCUT2D eigenvalue weighted by atomic mass is 16.5. The molecule has 0 saturated heterocycles. The minimum absolute atomic E-state index is 0.0791. The Morgan fingerprint density at radius 2 is 2.16 bits per heavy atom. The van der Waals surface area contributed by atoms with Crippen molar-refractivity contribution in [2.24, 2.45) is 0 Å². The van der Waals surface area contributed by atoms with E-state index >= 15 is 0 Å². The Hall–Kier alpha value is -2.95. The lowest BCUT2D eigenvalue weighted by molar-refractivity contribution is 0.0950. The van der Waals surface area contributed by atoms with E-state index in [1.165, 1.54) is 0 Å². The Labute approximate surface area is 146 Å². The predicted octanol–water partition coefficient (Wildman–Crippen LogP) is 3.43. The number of nitrogens with one attached hydrogen (secondary N) is 2. The van der Waals surface area contributed by atoms with Gasteiger partial charge in [0, 0.05) is 22.2 Å². The Balaban J connectivity index is 1.46. The Bertz CT molecular complexity index is 930. The molecule has 1 amide bonds. The molecular weight excluding hydrogens is 316 g/mol. The topological polar surface area (TPSA) is 63.3 Å². The van der Waals surface area contributed by atoms with Crippen LogP contribution in [0.5, 0.6) is 11.5 Å². The number of aromatic amines is 1. The van der Waals surface area contributed by atoms with Crippen LogP contribution in [-0.2, 0) is 13.0 Å². The summed E-state index contributed by atoms with van der Waals surface area (Å²) in [5, 5.41) is 4.03. The second kappa shape index (κ2) is 6.51. The number of carbonyl (C=O) groups is 1. The Morgan fingerprint density at radius 3 is 3.04 bits per heavy atom. The molecule has 1 aliphatic heterocycles. The third-order valence-electron chi connectivity index (χ3n) is 4.49. The van der Waals surface area contributed by atoms with Gasteiger partial charge < -0.3 is 19.8 Å². The van der Waals surface area contributed by atoms with Gasteiger partial charge in [-0.15, -0.1) is 0 Å². The molecule has 0 aliphatic carbocycles. The number of hydrogen-bond acceptors (Lipinski definition) is 3. The van der Waals surface area contributed by atoms with E-state index in [9.17, 15) is 4.79 Å². The van der Waals surface area contributed by atoms with E-state index in [0.717, 1.165) is 53.1 Å². The molecular formula is C20H20N2O3. The van der Waals surface area contributed by atoms with E-state index in [4.69, 9.17) is 9.47 Å². The average molecular weight is 336 g/mol. The molecule has 0 saturated carbocycles. The van der Waals surface area contributed by atoms with E-state index < -0.39 is 0 Å². The van der Waals surface area contributed by atoms with Gasteiger partial charge in [0.05, 0.1) is 20.3 Å². The number of rotatable bonds is 4. The summed E-state index contributed by atoms with van der Waals surface area (Å²) in [6, 6.07) is 13.5. The van der Waals surface area contributed by atoms with Crippen LogP contribution in [0.3, 0.4) is 0 Å². The largest absolute Gasteiger partial charge is 0.497 e. The average Bonchev–Trinajstić information content (AvgIpc) is 3.07. The molecule has 1 aromatic heterocycles. The summed E-state index contributed by atoms with van der Waals surface area (Å²) in [5.41, 5.74) is 3.76. The molecule has 25 heavy (non-hydrogen) atoms. The van der Waals surface area contributed by atoms with Crippen LogP contribution in [0.4, 0.5) is 0 Å². The Kier molecular flexibility index (Phi) is 4.06. The quantitative estimate of drug-likeness (QED) is 0.767. The molecule has 5 nitrogen and oxygen atoms in total. The van der Waals surface area contributed by atoms with Crippen molar-refractivity contribution in [1.29, 1.82) is 0 Å². The summed E-state index contributed by atoms with van der Waals surface area (Å²) in [5.74, 6) is 1.63. The van der Waals surface area contributed by atoms with E-state index in [-0.39, 0.29) is 5.91 Å². The highest BCUT2D eigenvalue weighted by Crippen LogP contribution is 2.25. The maximum Gasteiger partial charge on any atom is 0.251 e. The molecule has 5 heteroatoms. The fraction of sp³-hybridized carbons (Fsp3) is 0.250. The van der Waals surface area contributed by atoms with Crippen LogP contribution in [0.1, 0.15) is 28.0 Å². The lowest BCUT2D eigenvalue weighted by Gasteiger charge is -2.17. The standard InChI is InChI=1S/C20H20N2O3/c1-24-17-5-6-18-15(11-17)10-16(22-18)12-21-20(23)14-4-7-19-13(9-14)3-2-8-25-19/h4-7,9-11,22H,2-3,8,12H2,1H3,(H,21,23). The normalized spacial score (nSPS) is 13.2. The van der Waals surface area contributed by atoms with E-state index in [0.29, 0.717) is 12.1 Å². The second-order valence-electron chi connectivity index (χ2n) is 6.20. The molecule has 3 aromatic rings. The van der Waals surface area contributed by atoms with Crippen LogP contribution in [0.2, 0.25) is 0 Å². The molecule has 4 rings (SSSR count). The second-order valence-corrected chi connectivity index (χ2v) is 6.20.